The summed E-state index contributed by atoms with van der Waals surface area (Å²) in [6.07, 6.45) is 0. The molecule has 132 valence electrons. The summed E-state index contributed by atoms with van der Waals surface area (Å²) in [7, 11) is 1.69. The van der Waals surface area contributed by atoms with Crippen LogP contribution in [0.25, 0.3) is 0 Å². The Bertz CT molecular complexity index is 744. The van der Waals surface area contributed by atoms with Crippen molar-refractivity contribution in [1.82, 2.24) is 15.5 Å². The molecule has 6 nitrogen and oxygen atoms in total. The van der Waals surface area contributed by atoms with Crippen LogP contribution in [0.15, 0.2) is 41.8 Å². The molecule has 0 radical (unpaired) electrons. The maximum Gasteiger partial charge on any atom is 0.261 e. The van der Waals surface area contributed by atoms with Gasteiger partial charge in [-0.1, -0.05) is 30.3 Å². The third kappa shape index (κ3) is 5.72. The van der Waals surface area contributed by atoms with Crippen LogP contribution in [0.1, 0.15) is 20.8 Å². The van der Waals surface area contributed by atoms with Gasteiger partial charge in [0.25, 0.3) is 5.91 Å². The summed E-state index contributed by atoms with van der Waals surface area (Å²) in [5.41, 5.74) is 2.18. The lowest BCUT2D eigenvalue weighted by molar-refractivity contribution is -0.132. The van der Waals surface area contributed by atoms with E-state index >= 15 is 0 Å². The van der Waals surface area contributed by atoms with E-state index in [1.165, 1.54) is 11.3 Å². The first kappa shape index (κ1) is 18.7. The average molecular weight is 359 g/mol. The number of carbonyl (C=O) groups is 3. The predicted octanol–water partition coefficient (Wildman–Crippen LogP) is 1.56. The minimum absolute atomic E-state index is 0.101. The van der Waals surface area contributed by atoms with Gasteiger partial charge in [0.05, 0.1) is 18.0 Å². The third-order valence-corrected chi connectivity index (χ3v) is 4.55. The van der Waals surface area contributed by atoms with Gasteiger partial charge in [-0.05, 0) is 29.5 Å². The van der Waals surface area contributed by atoms with Crippen LogP contribution < -0.4 is 10.6 Å². The van der Waals surface area contributed by atoms with Gasteiger partial charge in [-0.2, -0.15) is 0 Å². The third-order valence-electron chi connectivity index (χ3n) is 3.69. The molecule has 1 aromatic carbocycles. The fourth-order valence-electron chi connectivity index (χ4n) is 2.16. The van der Waals surface area contributed by atoms with E-state index in [0.717, 1.165) is 11.1 Å². The van der Waals surface area contributed by atoms with Crippen LogP contribution in [-0.2, 0) is 16.1 Å². The first-order chi connectivity index (χ1) is 12.0. The molecule has 3 amide bonds. The molecule has 7 heteroatoms. The first-order valence-corrected chi connectivity index (χ1v) is 8.72. The van der Waals surface area contributed by atoms with Gasteiger partial charge in [0, 0.05) is 13.6 Å². The van der Waals surface area contributed by atoms with Crippen LogP contribution in [0.5, 0.6) is 0 Å². The van der Waals surface area contributed by atoms with Crippen molar-refractivity contribution < 1.29 is 14.4 Å². The number of hydrogen-bond acceptors (Lipinski definition) is 4. The molecule has 2 rings (SSSR count). The van der Waals surface area contributed by atoms with E-state index in [9.17, 15) is 14.4 Å². The van der Waals surface area contributed by atoms with Gasteiger partial charge in [-0.15, -0.1) is 11.3 Å². The second-order valence-electron chi connectivity index (χ2n) is 5.61. The minimum atomic E-state index is -0.400. The summed E-state index contributed by atoms with van der Waals surface area (Å²) in [5, 5.41) is 6.83. The summed E-state index contributed by atoms with van der Waals surface area (Å²) < 4.78 is 0. The number of likely N-dealkylation sites (N-methyl/N-ethyl adjacent to an activating group) is 1. The Hall–Kier alpha value is -2.67. The number of nitrogens with one attached hydrogen (secondary N) is 2. The molecule has 2 aromatic rings. The largest absolute Gasteiger partial charge is 0.345 e. The standard InChI is InChI=1S/C18H21N3O3S/c1-13-6-3-4-7-14(13)12-21(2)17(23)11-19-16(22)10-20-18(24)15-8-5-9-25-15/h3-9H,10-12H2,1-2H3,(H,19,22)(H,20,24). The Labute approximate surface area is 150 Å². The van der Waals surface area contributed by atoms with Gasteiger partial charge in [-0.3, -0.25) is 14.4 Å². The van der Waals surface area contributed by atoms with Gasteiger partial charge in [-0.25, -0.2) is 0 Å². The van der Waals surface area contributed by atoms with Gasteiger partial charge in [0.2, 0.25) is 11.8 Å². The molecule has 0 unspecified atom stereocenters. The molecular weight excluding hydrogens is 338 g/mol. The molecular formula is C18H21N3O3S. The second kappa shape index (κ2) is 8.98. The van der Waals surface area contributed by atoms with Gasteiger partial charge >= 0.3 is 0 Å². The Kier molecular flexibility index (Phi) is 6.71. The number of benzene rings is 1. The Morgan fingerprint density at radius 2 is 1.80 bits per heavy atom. The number of nitrogens with zero attached hydrogens (tertiary/aromatic N) is 1. The molecule has 0 atom stereocenters. The van der Waals surface area contributed by atoms with Crippen LogP contribution >= 0.6 is 11.3 Å². The molecule has 0 bridgehead atoms. The van der Waals surface area contributed by atoms with Crippen LogP contribution in [0.2, 0.25) is 0 Å². The smallest absolute Gasteiger partial charge is 0.261 e. The number of hydrogen-bond donors (Lipinski definition) is 2. The topological polar surface area (TPSA) is 78.5 Å². The number of amides is 3. The quantitative estimate of drug-likeness (QED) is 0.787. The van der Waals surface area contributed by atoms with Crippen molar-refractivity contribution in [2.45, 2.75) is 13.5 Å². The van der Waals surface area contributed by atoms with E-state index in [1.54, 1.807) is 29.5 Å². The van der Waals surface area contributed by atoms with Gasteiger partial charge < -0.3 is 15.5 Å². The van der Waals surface area contributed by atoms with Gasteiger partial charge in [0.1, 0.15) is 0 Å². The van der Waals surface area contributed by atoms with Crippen LogP contribution in [0, 0.1) is 6.92 Å². The lowest BCUT2D eigenvalue weighted by atomic mass is 10.1. The molecule has 0 saturated carbocycles. The molecule has 0 saturated heterocycles. The molecule has 2 N–H and O–H groups in total. The molecule has 25 heavy (non-hydrogen) atoms. The molecule has 0 aliphatic rings. The summed E-state index contributed by atoms with van der Waals surface area (Å²) in [6.45, 7) is 2.21. The summed E-state index contributed by atoms with van der Waals surface area (Å²) in [6, 6.07) is 11.3. The molecule has 1 heterocycles. The van der Waals surface area contributed by atoms with E-state index < -0.39 is 5.91 Å². The Morgan fingerprint density at radius 3 is 2.48 bits per heavy atom. The highest BCUT2D eigenvalue weighted by atomic mass is 32.1. The van der Waals surface area contributed by atoms with E-state index in [4.69, 9.17) is 0 Å². The molecule has 0 aliphatic heterocycles. The van der Waals surface area contributed by atoms with Crippen molar-refractivity contribution >= 4 is 29.1 Å². The number of aryl methyl sites for hydroxylation is 1. The molecule has 0 fully saturated rings. The predicted molar refractivity (Wildman–Crippen MR) is 97.3 cm³/mol. The van der Waals surface area contributed by atoms with E-state index in [-0.39, 0.29) is 24.9 Å². The van der Waals surface area contributed by atoms with E-state index in [0.29, 0.717) is 11.4 Å². The van der Waals surface area contributed by atoms with E-state index in [2.05, 4.69) is 10.6 Å². The highest BCUT2D eigenvalue weighted by Crippen LogP contribution is 2.09. The maximum atomic E-state index is 12.1. The average Bonchev–Trinajstić information content (AvgIpc) is 3.14. The molecule has 0 spiro atoms. The fraction of sp³-hybridized carbons (Fsp3) is 0.278. The Morgan fingerprint density at radius 1 is 1.04 bits per heavy atom. The number of carbonyl (C=O) groups excluding carboxylic acids is 3. The Balaban J connectivity index is 1.72. The van der Waals surface area contributed by atoms with Crippen LogP contribution in [0.4, 0.5) is 0 Å². The number of thiophene rings is 1. The van der Waals surface area contributed by atoms with Crippen molar-refractivity contribution in [2.75, 3.05) is 20.1 Å². The highest BCUT2D eigenvalue weighted by Gasteiger charge is 2.13. The zero-order valence-electron chi connectivity index (χ0n) is 14.2. The second-order valence-corrected chi connectivity index (χ2v) is 6.56. The maximum absolute atomic E-state index is 12.1. The van der Waals surface area contributed by atoms with Gasteiger partial charge in [0.15, 0.2) is 0 Å². The van der Waals surface area contributed by atoms with Crippen molar-refractivity contribution in [2.24, 2.45) is 0 Å². The van der Waals surface area contributed by atoms with Crippen molar-refractivity contribution in [3.8, 4) is 0 Å². The SMILES string of the molecule is Cc1ccccc1CN(C)C(=O)CNC(=O)CNC(=O)c1cccs1. The lowest BCUT2D eigenvalue weighted by Crippen LogP contribution is -2.42. The fourth-order valence-corrected chi connectivity index (χ4v) is 2.80. The van der Waals surface area contributed by atoms with E-state index in [1.807, 2.05) is 31.2 Å². The normalized spacial score (nSPS) is 10.2. The number of rotatable bonds is 7. The monoisotopic (exact) mass is 359 g/mol. The highest BCUT2D eigenvalue weighted by molar-refractivity contribution is 7.12. The molecule has 1 aromatic heterocycles. The van der Waals surface area contributed by atoms with Crippen molar-refractivity contribution in [1.29, 1.82) is 0 Å². The van der Waals surface area contributed by atoms with Crippen molar-refractivity contribution in [3.05, 3.63) is 57.8 Å². The van der Waals surface area contributed by atoms with Crippen LogP contribution in [-0.4, -0.2) is 42.8 Å². The lowest BCUT2D eigenvalue weighted by Gasteiger charge is -2.18. The minimum Gasteiger partial charge on any atom is -0.345 e. The first-order valence-electron chi connectivity index (χ1n) is 7.84. The summed E-state index contributed by atoms with van der Waals surface area (Å²) in [4.78, 5) is 37.7. The zero-order chi connectivity index (χ0) is 18.2. The zero-order valence-corrected chi connectivity index (χ0v) is 15.1. The van der Waals surface area contributed by atoms with Crippen LogP contribution in [0.3, 0.4) is 0 Å². The summed E-state index contributed by atoms with van der Waals surface area (Å²) in [5.74, 6) is -0.892. The summed E-state index contributed by atoms with van der Waals surface area (Å²) >= 11 is 1.30. The van der Waals surface area contributed by atoms with Crippen molar-refractivity contribution in [3.63, 3.8) is 0 Å². The molecule has 0 aliphatic carbocycles.